The summed E-state index contributed by atoms with van der Waals surface area (Å²) in [6.07, 6.45) is 7.02. The smallest absolute Gasteiger partial charge is 0.370 e. The zero-order valence-electron chi connectivity index (χ0n) is 37.1. The number of benzene rings is 3. The number of rotatable bonds is 17. The lowest BCUT2D eigenvalue weighted by molar-refractivity contribution is -0.135. The van der Waals surface area contributed by atoms with Crippen LogP contribution in [-0.4, -0.2) is 83.0 Å². The number of unbranched alkanes of at least 4 members (excludes halogenated alkanes) is 3. The van der Waals surface area contributed by atoms with Gasteiger partial charge in [0.1, 0.15) is 23.8 Å². The Bertz CT molecular complexity index is 2980. The number of piperidine rings is 1. The Hall–Kier alpha value is -6.69. The third kappa shape index (κ3) is 9.76. The Kier molecular flexibility index (Phi) is 13.2. The van der Waals surface area contributed by atoms with Gasteiger partial charge in [-0.05, 0) is 117 Å². The van der Waals surface area contributed by atoms with Crippen LogP contribution in [0.5, 0.6) is 0 Å². The second-order valence-electron chi connectivity index (χ2n) is 17.9. The number of nitrogens with one attached hydrogen (secondary N) is 4. The van der Waals surface area contributed by atoms with Gasteiger partial charge in [0.15, 0.2) is 0 Å². The van der Waals surface area contributed by atoms with Crippen molar-refractivity contribution in [3.05, 3.63) is 98.6 Å². The summed E-state index contributed by atoms with van der Waals surface area (Å²) in [6, 6.07) is 12.3. The Morgan fingerprint density at radius 1 is 0.881 bits per heavy atom. The number of nitrogens with two attached hydrogens (primary N) is 1. The standard InChI is InChI=1S/C47H53N8O11P/c1-25(9-17-39(48)56)49-44(60)38-24-31-20-27(8-6-4-3-5-7-26-10-15-35-37(21-26)53(2)47(63)54(35)36-16-18-40(57)52-43(36)59)19-28-11-14-33(45(61)55(38)41(28)31)51-42(58)34-23-30-22-29(12-13-32(30)50-34)46(62)67(64,65)66/h10,12-13,15,19-23,25,33,36,38,50H,3-9,11,14,16-18,24H2,1-2H3,(H2,48,56)(H,49,60)(H,51,58)(H,52,57,59)(H2,64,65,66)/t25-,33+,36?,38+/m1/s1. The second-order valence-corrected chi connectivity index (χ2v) is 19.4. The quantitative estimate of drug-likeness (QED) is 0.0404. The summed E-state index contributed by atoms with van der Waals surface area (Å²) < 4.78 is 14.6. The molecule has 0 bridgehead atoms. The van der Waals surface area contributed by atoms with E-state index in [1.54, 1.807) is 14.0 Å². The molecular weight excluding hydrogens is 884 g/mol. The van der Waals surface area contributed by atoms with E-state index in [-0.39, 0.29) is 55.0 Å². The molecular formula is C47H53N8O11P. The minimum absolute atomic E-state index is 0.0575. The van der Waals surface area contributed by atoms with E-state index in [0.29, 0.717) is 34.9 Å². The van der Waals surface area contributed by atoms with Gasteiger partial charge in [0.05, 0.1) is 16.7 Å². The summed E-state index contributed by atoms with van der Waals surface area (Å²) in [7, 11) is -3.36. The maximum atomic E-state index is 14.5. The van der Waals surface area contributed by atoms with Crippen LogP contribution in [-0.2, 0) is 61.3 Å². The molecule has 67 heavy (non-hydrogen) atoms. The molecule has 0 spiro atoms. The zero-order chi connectivity index (χ0) is 47.9. The van der Waals surface area contributed by atoms with E-state index in [2.05, 4.69) is 33.1 Å². The number of imidazole rings is 1. The summed E-state index contributed by atoms with van der Waals surface area (Å²) in [5.74, 6) is -2.78. The van der Waals surface area contributed by atoms with Gasteiger partial charge in [0, 0.05) is 48.8 Å². The van der Waals surface area contributed by atoms with E-state index in [0.717, 1.165) is 66.3 Å². The van der Waals surface area contributed by atoms with Crippen molar-refractivity contribution in [1.29, 1.82) is 0 Å². The zero-order valence-corrected chi connectivity index (χ0v) is 38.0. The van der Waals surface area contributed by atoms with Gasteiger partial charge in [-0.25, -0.2) is 4.79 Å². The summed E-state index contributed by atoms with van der Waals surface area (Å²) in [6.45, 7) is 1.76. The SMILES string of the molecule is C[C@H](CCC(N)=O)NC(=O)[C@@H]1Cc2cc(CCCCCCc3ccc4c(c3)n(C)c(=O)n4C3CCC(=O)NC3=O)cc3c2N1C(=O)[C@@H](NC(=O)c1cc2cc(C(=O)P(=O)(O)O)ccc2[nH]1)CC3. The number of H-pyrrole nitrogens is 1. The fraction of sp³-hybridized carbons (Fsp3) is 0.404. The number of amides is 6. The summed E-state index contributed by atoms with van der Waals surface area (Å²) >= 11 is 0. The lowest BCUT2D eigenvalue weighted by Gasteiger charge is -2.28. The first kappa shape index (κ1) is 46.8. The van der Waals surface area contributed by atoms with Crippen LogP contribution in [0, 0.1) is 0 Å². The van der Waals surface area contributed by atoms with E-state index in [9.17, 15) is 52.7 Å². The number of carbonyl (C=O) groups is 7. The lowest BCUT2D eigenvalue weighted by Crippen LogP contribution is -2.55. The first-order valence-corrected chi connectivity index (χ1v) is 24.1. The molecule has 3 aliphatic rings. The Labute approximate surface area is 384 Å². The van der Waals surface area contributed by atoms with Gasteiger partial charge in [0.25, 0.3) is 11.4 Å². The molecule has 8 rings (SSSR count). The third-order valence-electron chi connectivity index (χ3n) is 13.1. The van der Waals surface area contributed by atoms with Crippen LogP contribution >= 0.6 is 7.60 Å². The number of primary amides is 1. The fourth-order valence-corrected chi connectivity index (χ4v) is 10.1. The molecule has 5 heterocycles. The van der Waals surface area contributed by atoms with Crippen LogP contribution in [0.4, 0.5) is 5.69 Å². The predicted molar refractivity (Wildman–Crippen MR) is 246 cm³/mol. The number of imide groups is 1. The molecule has 3 aromatic carbocycles. The van der Waals surface area contributed by atoms with Crippen molar-refractivity contribution < 1.29 is 47.9 Å². The largest absolute Gasteiger partial charge is 0.396 e. The number of hydrogen-bond acceptors (Lipinski definition) is 9. The van der Waals surface area contributed by atoms with Crippen molar-refractivity contribution in [2.24, 2.45) is 12.8 Å². The fourth-order valence-electron chi connectivity index (χ4n) is 9.65. The number of hydrogen-bond donors (Lipinski definition) is 7. The molecule has 0 radical (unpaired) electrons. The van der Waals surface area contributed by atoms with Gasteiger partial charge in [-0.3, -0.25) is 57.5 Å². The van der Waals surface area contributed by atoms with Gasteiger partial charge in [-0.15, -0.1) is 0 Å². The normalized spacial score (nSPS) is 18.7. The minimum atomic E-state index is -5.04. The molecule has 0 aliphatic carbocycles. The van der Waals surface area contributed by atoms with Crippen LogP contribution in [0.25, 0.3) is 21.9 Å². The van der Waals surface area contributed by atoms with Crippen LogP contribution in [0.15, 0.2) is 59.4 Å². The highest BCUT2D eigenvalue weighted by atomic mass is 31.2. The third-order valence-corrected chi connectivity index (χ3v) is 13.9. The van der Waals surface area contributed by atoms with Crippen molar-refractivity contribution in [1.82, 2.24) is 30.1 Å². The molecule has 1 unspecified atom stereocenters. The van der Waals surface area contributed by atoms with Crippen molar-refractivity contribution in [2.45, 2.75) is 115 Å². The molecule has 1 fully saturated rings. The van der Waals surface area contributed by atoms with E-state index < -0.39 is 66.8 Å². The van der Waals surface area contributed by atoms with Crippen LogP contribution in [0.2, 0.25) is 0 Å². The number of aromatic nitrogens is 3. The van der Waals surface area contributed by atoms with Crippen LogP contribution in [0.3, 0.4) is 0 Å². The number of fused-ring (bicyclic) bond motifs is 2. The van der Waals surface area contributed by atoms with E-state index in [4.69, 9.17) is 5.73 Å². The van der Waals surface area contributed by atoms with Crippen molar-refractivity contribution in [3.8, 4) is 0 Å². The molecule has 0 saturated carbocycles. The van der Waals surface area contributed by atoms with Crippen molar-refractivity contribution >= 4 is 76.2 Å². The summed E-state index contributed by atoms with van der Waals surface area (Å²) in [4.78, 5) is 126. The van der Waals surface area contributed by atoms with Gasteiger partial charge in [-0.2, -0.15) is 0 Å². The van der Waals surface area contributed by atoms with Gasteiger partial charge in [0.2, 0.25) is 29.5 Å². The molecule has 352 valence electrons. The Morgan fingerprint density at radius 2 is 1.61 bits per heavy atom. The highest BCUT2D eigenvalue weighted by Gasteiger charge is 2.45. The van der Waals surface area contributed by atoms with Crippen molar-refractivity contribution in [2.75, 3.05) is 4.90 Å². The number of anilines is 1. The molecule has 4 atom stereocenters. The average Bonchev–Trinajstić information content (AvgIpc) is 3.93. The van der Waals surface area contributed by atoms with Gasteiger partial charge in [-0.1, -0.05) is 31.0 Å². The average molecular weight is 937 g/mol. The van der Waals surface area contributed by atoms with Crippen molar-refractivity contribution in [3.63, 3.8) is 0 Å². The Balaban J connectivity index is 0.935. The number of carbonyl (C=O) groups excluding carboxylic acids is 7. The topological polar surface area (TPSA) is 285 Å². The molecule has 20 heteroatoms. The monoisotopic (exact) mass is 936 g/mol. The number of aryl methyl sites for hydroxylation is 4. The lowest BCUT2D eigenvalue weighted by atomic mass is 9.95. The highest BCUT2D eigenvalue weighted by Crippen LogP contribution is 2.41. The maximum Gasteiger partial charge on any atom is 0.396 e. The molecule has 2 aromatic heterocycles. The summed E-state index contributed by atoms with van der Waals surface area (Å²) in [5.41, 5.74) is 9.87. The van der Waals surface area contributed by atoms with E-state index in [1.165, 1.54) is 38.3 Å². The molecule has 5 aromatic rings. The highest BCUT2D eigenvalue weighted by molar-refractivity contribution is 7.70. The molecule has 1 saturated heterocycles. The van der Waals surface area contributed by atoms with E-state index >= 15 is 0 Å². The second kappa shape index (κ2) is 18.9. The number of nitrogens with zero attached hydrogens (tertiary/aromatic N) is 3. The summed E-state index contributed by atoms with van der Waals surface area (Å²) in [5, 5.41) is 8.48. The predicted octanol–water partition coefficient (Wildman–Crippen LogP) is 3.24. The van der Waals surface area contributed by atoms with Crippen LogP contribution < -0.4 is 32.3 Å². The minimum Gasteiger partial charge on any atom is -0.370 e. The van der Waals surface area contributed by atoms with Gasteiger partial charge < -0.3 is 31.1 Å². The van der Waals surface area contributed by atoms with Gasteiger partial charge >= 0.3 is 13.3 Å². The molecule has 19 nitrogen and oxygen atoms in total. The molecule has 8 N–H and O–H groups in total. The first-order valence-electron chi connectivity index (χ1n) is 22.5. The maximum absolute atomic E-state index is 14.5. The molecule has 3 aliphatic heterocycles. The van der Waals surface area contributed by atoms with E-state index in [1.807, 2.05) is 18.2 Å². The van der Waals surface area contributed by atoms with Crippen LogP contribution in [0.1, 0.15) is 114 Å². The Morgan fingerprint density at radius 3 is 2.33 bits per heavy atom. The number of aromatic amines is 1. The first-order chi connectivity index (χ1) is 31.9. The molecule has 6 amide bonds.